The molecule has 98 valence electrons. The number of hydrogen-bond acceptors (Lipinski definition) is 4. The van der Waals surface area contributed by atoms with E-state index in [1.54, 1.807) is 7.11 Å². The summed E-state index contributed by atoms with van der Waals surface area (Å²) < 4.78 is 10.7. The topological polar surface area (TPSA) is 54.3 Å². The third-order valence-corrected chi connectivity index (χ3v) is 2.41. The maximum absolute atomic E-state index is 8.97. The lowest BCUT2D eigenvalue weighted by Crippen LogP contribution is -2.34. The monoisotopic (exact) mass is 248 g/mol. The van der Waals surface area contributed by atoms with Crippen molar-refractivity contribution < 1.29 is 9.47 Å². The first-order valence-electron chi connectivity index (χ1n) is 6.08. The molecule has 1 atom stereocenters. The molecule has 1 rings (SSSR count). The molecule has 0 heterocycles. The van der Waals surface area contributed by atoms with Gasteiger partial charge < -0.3 is 9.47 Å². The van der Waals surface area contributed by atoms with Gasteiger partial charge in [0.15, 0.2) is 0 Å². The summed E-state index contributed by atoms with van der Waals surface area (Å²) >= 11 is 0. The van der Waals surface area contributed by atoms with E-state index in [1.807, 2.05) is 38.1 Å². The van der Waals surface area contributed by atoms with Crippen LogP contribution >= 0.6 is 0 Å². The minimum atomic E-state index is -0.171. The Kier molecular flexibility index (Phi) is 6.03. The first-order chi connectivity index (χ1) is 8.65. The van der Waals surface area contributed by atoms with Crippen LogP contribution in [0.15, 0.2) is 24.3 Å². The zero-order valence-electron chi connectivity index (χ0n) is 11.1. The fourth-order valence-electron chi connectivity index (χ4n) is 1.57. The Balaban J connectivity index is 2.38. The number of hydrogen-bond donors (Lipinski definition) is 1. The van der Waals surface area contributed by atoms with Gasteiger partial charge in [-0.2, -0.15) is 5.26 Å². The van der Waals surface area contributed by atoms with Crippen molar-refractivity contribution in [2.75, 3.05) is 13.7 Å². The maximum Gasteiger partial charge on any atom is 0.122 e. The maximum atomic E-state index is 8.97. The predicted octanol–water partition coefficient (Wildman–Crippen LogP) is 2.35. The average molecular weight is 248 g/mol. The van der Waals surface area contributed by atoms with Gasteiger partial charge in [0.05, 0.1) is 25.8 Å². The molecule has 0 aliphatic heterocycles. The van der Waals surface area contributed by atoms with E-state index in [9.17, 15) is 0 Å². The minimum absolute atomic E-state index is 0.171. The number of rotatable bonds is 7. The number of nitrogens with one attached hydrogen (secondary N) is 1. The smallest absolute Gasteiger partial charge is 0.122 e. The summed E-state index contributed by atoms with van der Waals surface area (Å²) in [6.07, 6.45) is 0.659. The molecule has 1 aromatic rings. The van der Waals surface area contributed by atoms with Gasteiger partial charge >= 0.3 is 0 Å². The van der Waals surface area contributed by atoms with E-state index in [0.29, 0.717) is 19.1 Å². The van der Waals surface area contributed by atoms with Crippen LogP contribution in [0, 0.1) is 11.3 Å². The van der Waals surface area contributed by atoms with Crippen LogP contribution in [0.25, 0.3) is 0 Å². The van der Waals surface area contributed by atoms with E-state index in [4.69, 9.17) is 14.7 Å². The first kappa shape index (κ1) is 14.3. The molecule has 1 unspecified atom stereocenters. The van der Waals surface area contributed by atoms with E-state index in [0.717, 1.165) is 11.5 Å². The number of nitrogens with zero attached hydrogens (tertiary/aromatic N) is 1. The highest BCUT2D eigenvalue weighted by atomic mass is 16.5. The van der Waals surface area contributed by atoms with Crippen molar-refractivity contribution in [2.24, 2.45) is 0 Å². The molecule has 0 spiro atoms. The molecule has 18 heavy (non-hydrogen) atoms. The van der Waals surface area contributed by atoms with Gasteiger partial charge in [-0.15, -0.1) is 0 Å². The zero-order chi connectivity index (χ0) is 13.4. The Morgan fingerprint density at radius 2 is 2.06 bits per heavy atom. The molecule has 0 aromatic heterocycles. The molecule has 0 aliphatic rings. The summed E-state index contributed by atoms with van der Waals surface area (Å²) in [4.78, 5) is 0. The molecule has 0 fully saturated rings. The standard InChI is InChI=1S/C14H20N2O2/c1-11(2)16-12(10-15)7-8-18-14-6-4-5-13(9-14)17-3/h4-6,9,11-12,16H,7-8H2,1-3H3. The van der Waals surface area contributed by atoms with Crippen LogP contribution in [-0.4, -0.2) is 25.8 Å². The Morgan fingerprint density at radius 1 is 1.33 bits per heavy atom. The zero-order valence-corrected chi connectivity index (χ0v) is 11.1. The number of benzene rings is 1. The lowest BCUT2D eigenvalue weighted by molar-refractivity contribution is 0.292. The van der Waals surface area contributed by atoms with Crippen molar-refractivity contribution in [2.45, 2.75) is 32.4 Å². The summed E-state index contributed by atoms with van der Waals surface area (Å²) in [5.74, 6) is 1.53. The van der Waals surface area contributed by atoms with Crippen LogP contribution in [0.3, 0.4) is 0 Å². The molecule has 4 heteroatoms. The molecule has 0 amide bonds. The van der Waals surface area contributed by atoms with Crippen molar-refractivity contribution in [1.82, 2.24) is 5.32 Å². The number of nitriles is 1. The van der Waals surface area contributed by atoms with Crippen LogP contribution in [0.2, 0.25) is 0 Å². The molecular formula is C14H20N2O2. The second-order valence-electron chi connectivity index (χ2n) is 4.32. The van der Waals surface area contributed by atoms with E-state index in [2.05, 4.69) is 11.4 Å². The van der Waals surface area contributed by atoms with Gasteiger partial charge in [0.1, 0.15) is 11.5 Å². The molecule has 4 nitrogen and oxygen atoms in total. The number of methoxy groups -OCH3 is 1. The Labute approximate surface area is 109 Å². The minimum Gasteiger partial charge on any atom is -0.497 e. The van der Waals surface area contributed by atoms with Crippen molar-refractivity contribution in [3.63, 3.8) is 0 Å². The largest absolute Gasteiger partial charge is 0.497 e. The van der Waals surface area contributed by atoms with Gasteiger partial charge in [-0.25, -0.2) is 0 Å². The molecule has 0 bridgehead atoms. The van der Waals surface area contributed by atoms with Crippen molar-refractivity contribution in [3.8, 4) is 17.6 Å². The van der Waals surface area contributed by atoms with Crippen LogP contribution in [0.4, 0.5) is 0 Å². The van der Waals surface area contributed by atoms with Crippen LogP contribution in [0.5, 0.6) is 11.5 Å². The summed E-state index contributed by atoms with van der Waals surface area (Å²) in [7, 11) is 1.62. The Hall–Kier alpha value is -1.73. The molecule has 0 radical (unpaired) electrons. The summed E-state index contributed by atoms with van der Waals surface area (Å²) in [5.41, 5.74) is 0. The fraction of sp³-hybridized carbons (Fsp3) is 0.500. The quantitative estimate of drug-likeness (QED) is 0.804. The van der Waals surface area contributed by atoms with Crippen LogP contribution in [0.1, 0.15) is 20.3 Å². The third-order valence-electron chi connectivity index (χ3n) is 2.41. The average Bonchev–Trinajstić information content (AvgIpc) is 2.37. The van der Waals surface area contributed by atoms with Crippen molar-refractivity contribution in [3.05, 3.63) is 24.3 Å². The number of ether oxygens (including phenoxy) is 2. The second kappa shape index (κ2) is 7.57. The fourth-order valence-corrected chi connectivity index (χ4v) is 1.57. The van der Waals surface area contributed by atoms with Gasteiger partial charge in [0.25, 0.3) is 0 Å². The van der Waals surface area contributed by atoms with E-state index in [1.165, 1.54) is 0 Å². The lowest BCUT2D eigenvalue weighted by Gasteiger charge is -2.15. The summed E-state index contributed by atoms with van der Waals surface area (Å²) in [6.45, 7) is 4.55. The molecule has 0 aliphatic carbocycles. The van der Waals surface area contributed by atoms with Crippen molar-refractivity contribution >= 4 is 0 Å². The van der Waals surface area contributed by atoms with Gasteiger partial charge in [0, 0.05) is 18.5 Å². The highest BCUT2D eigenvalue weighted by molar-refractivity contribution is 5.32. The van der Waals surface area contributed by atoms with Crippen LogP contribution < -0.4 is 14.8 Å². The first-order valence-corrected chi connectivity index (χ1v) is 6.08. The normalized spacial score (nSPS) is 11.9. The van der Waals surface area contributed by atoms with E-state index >= 15 is 0 Å². The molecule has 1 N–H and O–H groups in total. The van der Waals surface area contributed by atoms with Gasteiger partial charge in [-0.3, -0.25) is 5.32 Å². The van der Waals surface area contributed by atoms with Gasteiger partial charge in [0.2, 0.25) is 0 Å². The van der Waals surface area contributed by atoms with Gasteiger partial charge in [-0.1, -0.05) is 6.07 Å². The second-order valence-corrected chi connectivity index (χ2v) is 4.32. The Morgan fingerprint density at radius 3 is 2.67 bits per heavy atom. The molecule has 0 saturated carbocycles. The summed E-state index contributed by atoms with van der Waals surface area (Å²) in [5, 5.41) is 12.1. The molecule has 1 aromatic carbocycles. The van der Waals surface area contributed by atoms with E-state index < -0.39 is 0 Å². The summed E-state index contributed by atoms with van der Waals surface area (Å²) in [6, 6.07) is 9.80. The van der Waals surface area contributed by atoms with Crippen molar-refractivity contribution in [1.29, 1.82) is 5.26 Å². The van der Waals surface area contributed by atoms with E-state index in [-0.39, 0.29) is 6.04 Å². The third kappa shape index (κ3) is 5.07. The predicted molar refractivity (Wildman–Crippen MR) is 70.8 cm³/mol. The SMILES string of the molecule is COc1cccc(OCCC(C#N)NC(C)C)c1. The van der Waals surface area contributed by atoms with Gasteiger partial charge in [-0.05, 0) is 26.0 Å². The Bertz CT molecular complexity index is 399. The molecular weight excluding hydrogens is 228 g/mol. The van der Waals surface area contributed by atoms with Crippen LogP contribution in [-0.2, 0) is 0 Å². The highest BCUT2D eigenvalue weighted by Gasteiger charge is 2.08. The molecule has 0 saturated heterocycles. The lowest BCUT2D eigenvalue weighted by atomic mass is 10.2. The highest BCUT2D eigenvalue weighted by Crippen LogP contribution is 2.18.